The summed E-state index contributed by atoms with van der Waals surface area (Å²) in [6, 6.07) is 12.5. The lowest BCUT2D eigenvalue weighted by molar-refractivity contribution is -0.132. The lowest BCUT2D eigenvalue weighted by atomic mass is 10.2. The molecular weight excluding hydrogens is 421 g/mol. The van der Waals surface area contributed by atoms with Crippen LogP contribution in [0.25, 0.3) is 0 Å². The molecule has 1 fully saturated rings. The van der Waals surface area contributed by atoms with Crippen LogP contribution < -0.4 is 9.62 Å². The van der Waals surface area contributed by atoms with Gasteiger partial charge in [-0.15, -0.1) is 0 Å². The number of benzene rings is 2. The number of nitrogens with one attached hydrogen (secondary N) is 1. The molecular formula is C19H21Cl2N3O3S. The van der Waals surface area contributed by atoms with Gasteiger partial charge in [0, 0.05) is 41.9 Å². The molecule has 0 aliphatic carbocycles. The molecule has 1 saturated heterocycles. The molecule has 150 valence electrons. The van der Waals surface area contributed by atoms with Crippen molar-refractivity contribution >= 4 is 44.8 Å². The van der Waals surface area contributed by atoms with E-state index in [9.17, 15) is 13.2 Å². The van der Waals surface area contributed by atoms with Crippen molar-refractivity contribution in [3.63, 3.8) is 0 Å². The standard InChI is InChI=1S/C19H21Cl2N3O3S/c1-14(22-28(26,27)18-7-5-15(20)6-8-18)19(25)24-11-9-23(10-12-24)17-4-2-3-16(21)13-17/h2-8,13-14,22H,9-12H2,1H3/t14-/m1/s1. The maximum atomic E-state index is 12.7. The molecule has 9 heteroatoms. The van der Waals surface area contributed by atoms with E-state index in [1.807, 2.05) is 24.3 Å². The van der Waals surface area contributed by atoms with Crippen molar-refractivity contribution in [2.24, 2.45) is 0 Å². The Morgan fingerprint density at radius 3 is 2.25 bits per heavy atom. The first-order chi connectivity index (χ1) is 13.3. The molecule has 1 heterocycles. The maximum Gasteiger partial charge on any atom is 0.241 e. The summed E-state index contributed by atoms with van der Waals surface area (Å²) in [4.78, 5) is 16.6. The lowest BCUT2D eigenvalue weighted by Gasteiger charge is -2.37. The van der Waals surface area contributed by atoms with Crippen LogP contribution in [0.3, 0.4) is 0 Å². The van der Waals surface area contributed by atoms with Crippen molar-refractivity contribution in [2.45, 2.75) is 17.9 Å². The third kappa shape index (κ3) is 4.97. The summed E-state index contributed by atoms with van der Waals surface area (Å²) in [6.45, 7) is 3.89. The largest absolute Gasteiger partial charge is 0.368 e. The fraction of sp³-hybridized carbons (Fsp3) is 0.316. The summed E-state index contributed by atoms with van der Waals surface area (Å²) in [6.07, 6.45) is 0. The molecule has 2 aromatic carbocycles. The van der Waals surface area contributed by atoms with Crippen molar-refractivity contribution < 1.29 is 13.2 Å². The van der Waals surface area contributed by atoms with Gasteiger partial charge in [0.1, 0.15) is 0 Å². The smallest absolute Gasteiger partial charge is 0.241 e. The minimum Gasteiger partial charge on any atom is -0.368 e. The van der Waals surface area contributed by atoms with Gasteiger partial charge in [-0.1, -0.05) is 29.3 Å². The van der Waals surface area contributed by atoms with Gasteiger partial charge in [-0.3, -0.25) is 4.79 Å². The van der Waals surface area contributed by atoms with Gasteiger partial charge in [0.25, 0.3) is 0 Å². The van der Waals surface area contributed by atoms with Crippen LogP contribution in [0.4, 0.5) is 5.69 Å². The van der Waals surface area contributed by atoms with Crippen molar-refractivity contribution in [1.82, 2.24) is 9.62 Å². The van der Waals surface area contributed by atoms with Gasteiger partial charge in [-0.2, -0.15) is 4.72 Å². The first-order valence-electron chi connectivity index (χ1n) is 8.83. The van der Waals surface area contributed by atoms with Crippen molar-refractivity contribution in [2.75, 3.05) is 31.1 Å². The Hall–Kier alpha value is -1.80. The summed E-state index contributed by atoms with van der Waals surface area (Å²) >= 11 is 11.8. The summed E-state index contributed by atoms with van der Waals surface area (Å²) in [7, 11) is -3.80. The maximum absolute atomic E-state index is 12.7. The highest BCUT2D eigenvalue weighted by Gasteiger charge is 2.28. The van der Waals surface area contributed by atoms with E-state index < -0.39 is 16.1 Å². The molecule has 0 radical (unpaired) electrons. The van der Waals surface area contributed by atoms with Gasteiger partial charge in [0.05, 0.1) is 10.9 Å². The molecule has 6 nitrogen and oxygen atoms in total. The third-order valence-electron chi connectivity index (χ3n) is 4.59. The number of carbonyl (C=O) groups excluding carboxylic acids is 1. The Balaban J connectivity index is 1.59. The SMILES string of the molecule is C[C@@H](NS(=O)(=O)c1ccc(Cl)cc1)C(=O)N1CCN(c2cccc(Cl)c2)CC1. The lowest BCUT2D eigenvalue weighted by Crippen LogP contribution is -2.54. The van der Waals surface area contributed by atoms with Gasteiger partial charge in [-0.05, 0) is 49.4 Å². The van der Waals surface area contributed by atoms with Gasteiger partial charge in [0.15, 0.2) is 0 Å². The highest BCUT2D eigenvalue weighted by Crippen LogP contribution is 2.21. The van der Waals surface area contributed by atoms with Crippen molar-refractivity contribution in [1.29, 1.82) is 0 Å². The molecule has 0 spiro atoms. The van der Waals surface area contributed by atoms with E-state index in [0.717, 1.165) is 5.69 Å². The molecule has 0 bridgehead atoms. The van der Waals surface area contributed by atoms with Crippen molar-refractivity contribution in [3.8, 4) is 0 Å². The minimum atomic E-state index is -3.80. The average Bonchev–Trinajstić information content (AvgIpc) is 2.67. The number of rotatable bonds is 5. The summed E-state index contributed by atoms with van der Waals surface area (Å²) in [5, 5.41) is 1.11. The first kappa shape index (κ1) is 20.9. The first-order valence-corrected chi connectivity index (χ1v) is 11.1. The van der Waals surface area contributed by atoms with Crippen LogP contribution in [0.5, 0.6) is 0 Å². The molecule has 0 unspecified atom stereocenters. The van der Waals surface area contributed by atoms with E-state index in [2.05, 4.69) is 9.62 Å². The van der Waals surface area contributed by atoms with E-state index in [0.29, 0.717) is 36.2 Å². The molecule has 2 aromatic rings. The Morgan fingerprint density at radius 2 is 1.64 bits per heavy atom. The zero-order chi connectivity index (χ0) is 20.3. The number of hydrogen-bond acceptors (Lipinski definition) is 4. The predicted octanol–water partition coefficient (Wildman–Crippen LogP) is 3.01. The van der Waals surface area contributed by atoms with Crippen LogP contribution >= 0.6 is 23.2 Å². The molecule has 28 heavy (non-hydrogen) atoms. The monoisotopic (exact) mass is 441 g/mol. The predicted molar refractivity (Wildman–Crippen MR) is 111 cm³/mol. The van der Waals surface area contributed by atoms with Crippen LogP contribution in [0.1, 0.15) is 6.92 Å². The van der Waals surface area contributed by atoms with Gasteiger partial charge < -0.3 is 9.80 Å². The van der Waals surface area contributed by atoms with Crippen molar-refractivity contribution in [3.05, 3.63) is 58.6 Å². The average molecular weight is 442 g/mol. The van der Waals surface area contributed by atoms with E-state index in [1.165, 1.54) is 24.3 Å². The second-order valence-electron chi connectivity index (χ2n) is 6.59. The topological polar surface area (TPSA) is 69.7 Å². The normalized spacial score (nSPS) is 16.1. The van der Waals surface area contributed by atoms with E-state index in [4.69, 9.17) is 23.2 Å². The molecule has 1 aliphatic rings. The Labute approximate surface area is 175 Å². The highest BCUT2D eigenvalue weighted by molar-refractivity contribution is 7.89. The van der Waals surface area contributed by atoms with Crippen LogP contribution in [-0.4, -0.2) is 51.4 Å². The molecule has 0 saturated carbocycles. The van der Waals surface area contributed by atoms with E-state index >= 15 is 0 Å². The zero-order valence-corrected chi connectivity index (χ0v) is 17.6. The van der Waals surface area contributed by atoms with E-state index in [1.54, 1.807) is 11.8 Å². The number of halogens is 2. The second kappa shape index (κ2) is 8.69. The number of hydrogen-bond donors (Lipinski definition) is 1. The Kier molecular flexibility index (Phi) is 6.50. The fourth-order valence-corrected chi connectivity index (χ4v) is 4.60. The zero-order valence-electron chi connectivity index (χ0n) is 15.3. The van der Waals surface area contributed by atoms with E-state index in [-0.39, 0.29) is 10.8 Å². The van der Waals surface area contributed by atoms with Crippen LogP contribution in [0.2, 0.25) is 10.0 Å². The van der Waals surface area contributed by atoms with Gasteiger partial charge >= 0.3 is 0 Å². The number of carbonyl (C=O) groups is 1. The molecule has 1 aliphatic heterocycles. The highest BCUT2D eigenvalue weighted by atomic mass is 35.5. The Bertz CT molecular complexity index is 943. The van der Waals surface area contributed by atoms with Gasteiger partial charge in [0.2, 0.25) is 15.9 Å². The summed E-state index contributed by atoms with van der Waals surface area (Å²) in [5.41, 5.74) is 1.01. The Morgan fingerprint density at radius 1 is 1.00 bits per heavy atom. The quantitative estimate of drug-likeness (QED) is 0.773. The molecule has 0 aromatic heterocycles. The van der Waals surface area contributed by atoms with Crippen LogP contribution in [-0.2, 0) is 14.8 Å². The fourth-order valence-electron chi connectivity index (χ4n) is 3.10. The molecule has 1 amide bonds. The van der Waals surface area contributed by atoms with Crippen LogP contribution in [0.15, 0.2) is 53.4 Å². The molecule has 1 atom stereocenters. The summed E-state index contributed by atoms with van der Waals surface area (Å²) < 4.78 is 27.4. The molecule has 3 rings (SSSR count). The minimum absolute atomic E-state index is 0.0716. The number of nitrogens with zero attached hydrogens (tertiary/aromatic N) is 2. The summed E-state index contributed by atoms with van der Waals surface area (Å²) in [5.74, 6) is -0.247. The molecule has 1 N–H and O–H groups in total. The number of anilines is 1. The van der Waals surface area contributed by atoms with Crippen LogP contribution in [0, 0.1) is 0 Å². The number of amides is 1. The van der Waals surface area contributed by atoms with Gasteiger partial charge in [-0.25, -0.2) is 8.42 Å². The number of sulfonamides is 1. The number of piperazine rings is 1. The second-order valence-corrected chi connectivity index (χ2v) is 9.18. The third-order valence-corrected chi connectivity index (χ3v) is 6.63.